The van der Waals surface area contributed by atoms with E-state index >= 15 is 0 Å². The Morgan fingerprint density at radius 1 is 1.23 bits per heavy atom. The number of ether oxygens (including phenoxy) is 2. The predicted molar refractivity (Wildman–Crippen MR) is 78.5 cm³/mol. The van der Waals surface area contributed by atoms with Crippen LogP contribution in [0.5, 0.6) is 5.75 Å². The van der Waals surface area contributed by atoms with Crippen molar-refractivity contribution < 1.29 is 28.6 Å². The summed E-state index contributed by atoms with van der Waals surface area (Å²) in [6, 6.07) is 3.85. The first-order valence-electron chi connectivity index (χ1n) is 6.96. The number of carboxylic acid groups (broad SMARTS) is 1. The molecular formula is C15H20FNO5. The first-order valence-corrected chi connectivity index (χ1v) is 6.96. The Kier molecular flexibility index (Phi) is 7.91. The third-order valence-corrected chi connectivity index (χ3v) is 2.81. The standard InChI is InChI=1S/C15H20FNO5/c1-21-8-9-22-13-7-6-11(16)10-12(13)17-14(18)4-2-3-5-15(19)20/h6-7,10H,2-5,8-9H2,1H3,(H,17,18)(H,19,20). The lowest BCUT2D eigenvalue weighted by Gasteiger charge is -2.12. The number of amides is 1. The minimum atomic E-state index is -0.889. The van der Waals surface area contributed by atoms with Crippen LogP contribution in [-0.2, 0) is 14.3 Å². The molecule has 6 nitrogen and oxygen atoms in total. The summed E-state index contributed by atoms with van der Waals surface area (Å²) >= 11 is 0. The number of nitrogens with one attached hydrogen (secondary N) is 1. The van der Waals surface area contributed by atoms with Crippen molar-refractivity contribution in [2.24, 2.45) is 0 Å². The monoisotopic (exact) mass is 313 g/mol. The average molecular weight is 313 g/mol. The van der Waals surface area contributed by atoms with E-state index in [-0.39, 0.29) is 31.0 Å². The summed E-state index contributed by atoms with van der Waals surface area (Å²) in [5.74, 6) is -1.33. The maximum atomic E-state index is 13.3. The summed E-state index contributed by atoms with van der Waals surface area (Å²) in [7, 11) is 1.54. The molecule has 0 heterocycles. The fourth-order valence-electron chi connectivity index (χ4n) is 1.74. The van der Waals surface area contributed by atoms with Gasteiger partial charge < -0.3 is 19.9 Å². The molecule has 0 atom stereocenters. The van der Waals surface area contributed by atoms with Gasteiger partial charge in [-0.25, -0.2) is 4.39 Å². The number of methoxy groups -OCH3 is 1. The number of hydrogen-bond donors (Lipinski definition) is 2. The van der Waals surface area contributed by atoms with Crippen LogP contribution in [0.1, 0.15) is 25.7 Å². The molecule has 0 saturated heterocycles. The number of anilines is 1. The Labute approximate surface area is 128 Å². The highest BCUT2D eigenvalue weighted by atomic mass is 19.1. The van der Waals surface area contributed by atoms with E-state index in [1.807, 2.05) is 0 Å². The van der Waals surface area contributed by atoms with Crippen LogP contribution in [0.15, 0.2) is 18.2 Å². The zero-order valence-electron chi connectivity index (χ0n) is 12.4. The zero-order chi connectivity index (χ0) is 16.4. The van der Waals surface area contributed by atoms with Gasteiger partial charge in [-0.05, 0) is 25.0 Å². The number of halogens is 1. The minimum absolute atomic E-state index is 0.0264. The number of carboxylic acids is 1. The lowest BCUT2D eigenvalue weighted by molar-refractivity contribution is -0.137. The number of hydrogen-bond acceptors (Lipinski definition) is 4. The van der Waals surface area contributed by atoms with Crippen molar-refractivity contribution in [2.75, 3.05) is 25.6 Å². The highest BCUT2D eigenvalue weighted by Gasteiger charge is 2.10. The van der Waals surface area contributed by atoms with Gasteiger partial charge in [0.15, 0.2) is 0 Å². The van der Waals surface area contributed by atoms with Gasteiger partial charge in [0.1, 0.15) is 18.2 Å². The van der Waals surface area contributed by atoms with Crippen LogP contribution in [0.2, 0.25) is 0 Å². The van der Waals surface area contributed by atoms with Crippen LogP contribution in [0, 0.1) is 5.82 Å². The summed E-state index contributed by atoms with van der Waals surface area (Å²) in [5, 5.41) is 11.1. The molecule has 0 aliphatic carbocycles. The number of benzene rings is 1. The number of carbonyl (C=O) groups is 2. The maximum Gasteiger partial charge on any atom is 0.303 e. The van der Waals surface area contributed by atoms with Crippen molar-refractivity contribution in [3.8, 4) is 5.75 Å². The molecule has 1 rings (SSSR count). The summed E-state index contributed by atoms with van der Waals surface area (Å²) < 4.78 is 23.5. The van der Waals surface area contributed by atoms with Crippen LogP contribution < -0.4 is 10.1 Å². The molecule has 0 unspecified atom stereocenters. The van der Waals surface area contributed by atoms with Gasteiger partial charge in [-0.15, -0.1) is 0 Å². The van der Waals surface area contributed by atoms with Crippen LogP contribution in [0.3, 0.4) is 0 Å². The SMILES string of the molecule is COCCOc1ccc(F)cc1NC(=O)CCCCC(=O)O. The molecule has 22 heavy (non-hydrogen) atoms. The Morgan fingerprint density at radius 2 is 1.95 bits per heavy atom. The van der Waals surface area contributed by atoms with E-state index in [0.29, 0.717) is 25.2 Å². The first-order chi connectivity index (χ1) is 10.5. The molecule has 0 aliphatic heterocycles. The van der Waals surface area contributed by atoms with E-state index in [2.05, 4.69) is 5.32 Å². The van der Waals surface area contributed by atoms with Gasteiger partial charge in [0.25, 0.3) is 0 Å². The van der Waals surface area contributed by atoms with E-state index in [1.54, 1.807) is 0 Å². The zero-order valence-corrected chi connectivity index (χ0v) is 12.4. The summed E-state index contributed by atoms with van der Waals surface area (Å²) in [6.07, 6.45) is 1.07. The number of carbonyl (C=O) groups excluding carboxylic acids is 1. The van der Waals surface area contributed by atoms with Crippen molar-refractivity contribution in [2.45, 2.75) is 25.7 Å². The van der Waals surface area contributed by atoms with Crippen LogP contribution in [0.25, 0.3) is 0 Å². The Morgan fingerprint density at radius 3 is 2.64 bits per heavy atom. The van der Waals surface area contributed by atoms with Crippen molar-refractivity contribution in [3.05, 3.63) is 24.0 Å². The van der Waals surface area contributed by atoms with Crippen LogP contribution in [0.4, 0.5) is 10.1 Å². The Balaban J connectivity index is 2.53. The molecule has 0 aliphatic rings. The molecule has 0 spiro atoms. The molecule has 1 aromatic carbocycles. The second-order valence-electron chi connectivity index (χ2n) is 4.63. The maximum absolute atomic E-state index is 13.3. The van der Waals surface area contributed by atoms with Gasteiger partial charge in [0.2, 0.25) is 5.91 Å². The van der Waals surface area contributed by atoms with E-state index in [1.165, 1.54) is 25.3 Å². The van der Waals surface area contributed by atoms with E-state index in [0.717, 1.165) is 0 Å². The topological polar surface area (TPSA) is 84.9 Å². The van der Waals surface area contributed by atoms with Gasteiger partial charge in [-0.3, -0.25) is 9.59 Å². The lowest BCUT2D eigenvalue weighted by Crippen LogP contribution is -2.13. The predicted octanol–water partition coefficient (Wildman–Crippen LogP) is 2.43. The molecule has 7 heteroatoms. The fourth-order valence-corrected chi connectivity index (χ4v) is 1.74. The summed E-state index contributed by atoms with van der Waals surface area (Å²) in [6.45, 7) is 0.656. The smallest absolute Gasteiger partial charge is 0.303 e. The van der Waals surface area contributed by atoms with Gasteiger partial charge in [-0.2, -0.15) is 0 Å². The molecule has 2 N–H and O–H groups in total. The summed E-state index contributed by atoms with van der Waals surface area (Å²) in [4.78, 5) is 22.2. The van der Waals surface area contributed by atoms with Crippen LogP contribution in [-0.4, -0.2) is 37.3 Å². The quantitative estimate of drug-likeness (QED) is 0.648. The van der Waals surface area contributed by atoms with Gasteiger partial charge in [0, 0.05) is 26.0 Å². The second kappa shape index (κ2) is 9.73. The molecule has 122 valence electrons. The largest absolute Gasteiger partial charge is 0.489 e. The Bertz CT molecular complexity index is 507. The third-order valence-electron chi connectivity index (χ3n) is 2.81. The molecule has 1 amide bonds. The van der Waals surface area contributed by atoms with Crippen molar-refractivity contribution in [1.29, 1.82) is 0 Å². The Hall–Kier alpha value is -2.15. The number of rotatable bonds is 10. The van der Waals surface area contributed by atoms with Gasteiger partial charge >= 0.3 is 5.97 Å². The van der Waals surface area contributed by atoms with E-state index < -0.39 is 11.8 Å². The second-order valence-corrected chi connectivity index (χ2v) is 4.63. The van der Waals surface area contributed by atoms with Gasteiger partial charge in [0.05, 0.1) is 12.3 Å². The fraction of sp³-hybridized carbons (Fsp3) is 0.467. The molecule has 0 fully saturated rings. The molecular weight excluding hydrogens is 293 g/mol. The van der Waals surface area contributed by atoms with Crippen LogP contribution >= 0.6 is 0 Å². The molecule has 0 bridgehead atoms. The highest BCUT2D eigenvalue weighted by molar-refractivity contribution is 5.92. The molecule has 0 saturated carbocycles. The third kappa shape index (κ3) is 7.03. The van der Waals surface area contributed by atoms with Crippen molar-refractivity contribution in [1.82, 2.24) is 0 Å². The minimum Gasteiger partial charge on any atom is -0.489 e. The van der Waals surface area contributed by atoms with Crippen molar-refractivity contribution >= 4 is 17.6 Å². The normalized spacial score (nSPS) is 10.3. The van der Waals surface area contributed by atoms with Gasteiger partial charge in [-0.1, -0.05) is 0 Å². The average Bonchev–Trinajstić information content (AvgIpc) is 2.46. The van der Waals surface area contributed by atoms with E-state index in [4.69, 9.17) is 14.6 Å². The summed E-state index contributed by atoms with van der Waals surface area (Å²) in [5.41, 5.74) is 0.249. The lowest BCUT2D eigenvalue weighted by atomic mass is 10.2. The molecule has 1 aromatic rings. The molecule has 0 aromatic heterocycles. The first kappa shape index (κ1) is 17.9. The number of unbranched alkanes of at least 4 members (excludes halogenated alkanes) is 1. The highest BCUT2D eigenvalue weighted by Crippen LogP contribution is 2.25. The van der Waals surface area contributed by atoms with Crippen molar-refractivity contribution in [3.63, 3.8) is 0 Å². The number of aliphatic carboxylic acids is 1. The molecule has 0 radical (unpaired) electrons. The van der Waals surface area contributed by atoms with E-state index in [9.17, 15) is 14.0 Å².